The number of nitrogens with two attached hydrogens (primary N) is 1. The molecule has 4 rings (SSSR count). The molecule has 0 unspecified atom stereocenters. The molecule has 0 radical (unpaired) electrons. The Labute approximate surface area is 159 Å². The molecule has 0 bridgehead atoms. The SMILES string of the molecule is COc1ccc(C2=NN(CCC(N)=O)C(=O)c3cc4sccc4n3C2)cc1. The number of fused-ring (bicyclic) bond motifs is 3. The van der Waals surface area contributed by atoms with Crippen molar-refractivity contribution in [1.82, 2.24) is 9.58 Å². The number of thiophene rings is 1. The molecule has 2 amide bonds. The van der Waals surface area contributed by atoms with Gasteiger partial charge in [0.2, 0.25) is 5.91 Å². The number of hydrazone groups is 1. The third-order valence-electron chi connectivity index (χ3n) is 4.52. The van der Waals surface area contributed by atoms with Crippen LogP contribution in [0.2, 0.25) is 0 Å². The second-order valence-electron chi connectivity index (χ2n) is 6.21. The van der Waals surface area contributed by atoms with Crippen LogP contribution in [-0.2, 0) is 11.3 Å². The number of benzene rings is 1. The van der Waals surface area contributed by atoms with Crippen molar-refractivity contribution in [2.45, 2.75) is 13.0 Å². The lowest BCUT2D eigenvalue weighted by atomic mass is 10.1. The number of rotatable bonds is 5. The molecule has 3 heterocycles. The average Bonchev–Trinajstić information content (AvgIpc) is 3.22. The zero-order valence-corrected chi connectivity index (χ0v) is 15.5. The van der Waals surface area contributed by atoms with Gasteiger partial charge in [0.15, 0.2) is 0 Å². The molecule has 0 saturated heterocycles. The van der Waals surface area contributed by atoms with E-state index < -0.39 is 5.91 Å². The lowest BCUT2D eigenvalue weighted by molar-refractivity contribution is -0.118. The molecule has 8 heteroatoms. The molecule has 1 aliphatic rings. The van der Waals surface area contributed by atoms with Crippen LogP contribution in [0.5, 0.6) is 5.75 Å². The van der Waals surface area contributed by atoms with Gasteiger partial charge in [-0.1, -0.05) is 0 Å². The van der Waals surface area contributed by atoms with E-state index in [-0.39, 0.29) is 18.9 Å². The summed E-state index contributed by atoms with van der Waals surface area (Å²) in [5, 5.41) is 7.91. The number of hydrogen-bond acceptors (Lipinski definition) is 5. The van der Waals surface area contributed by atoms with Gasteiger partial charge in [-0.2, -0.15) is 5.10 Å². The molecule has 1 aliphatic heterocycles. The zero-order valence-electron chi connectivity index (χ0n) is 14.7. The highest BCUT2D eigenvalue weighted by Gasteiger charge is 2.27. The summed E-state index contributed by atoms with van der Waals surface area (Å²) in [6.07, 6.45) is 0.0558. The fourth-order valence-corrected chi connectivity index (χ4v) is 3.95. The van der Waals surface area contributed by atoms with Gasteiger partial charge in [0.1, 0.15) is 11.4 Å². The summed E-state index contributed by atoms with van der Waals surface area (Å²) >= 11 is 1.59. The summed E-state index contributed by atoms with van der Waals surface area (Å²) < 4.78 is 8.24. The van der Waals surface area contributed by atoms with E-state index in [0.29, 0.717) is 12.2 Å². The molecule has 1 aromatic carbocycles. The van der Waals surface area contributed by atoms with E-state index in [1.165, 1.54) is 5.01 Å². The quantitative estimate of drug-likeness (QED) is 0.735. The predicted molar refractivity (Wildman–Crippen MR) is 104 cm³/mol. The van der Waals surface area contributed by atoms with Crippen molar-refractivity contribution in [3.63, 3.8) is 0 Å². The fourth-order valence-electron chi connectivity index (χ4n) is 3.13. The van der Waals surface area contributed by atoms with E-state index in [0.717, 1.165) is 27.2 Å². The van der Waals surface area contributed by atoms with Crippen LogP contribution >= 0.6 is 11.3 Å². The van der Waals surface area contributed by atoms with Crippen molar-refractivity contribution >= 4 is 39.1 Å². The number of ether oxygens (including phenoxy) is 1. The lowest BCUT2D eigenvalue weighted by Crippen LogP contribution is -2.30. The molecule has 27 heavy (non-hydrogen) atoms. The van der Waals surface area contributed by atoms with Gasteiger partial charge in [0.25, 0.3) is 5.91 Å². The number of carbonyl (C=O) groups excluding carboxylic acids is 2. The van der Waals surface area contributed by atoms with E-state index >= 15 is 0 Å². The minimum atomic E-state index is -0.468. The van der Waals surface area contributed by atoms with Gasteiger partial charge in [-0.05, 0) is 47.3 Å². The number of nitrogens with zero attached hydrogens (tertiary/aromatic N) is 3. The first-order valence-electron chi connectivity index (χ1n) is 8.45. The van der Waals surface area contributed by atoms with Crippen LogP contribution in [0.25, 0.3) is 10.2 Å². The number of carbonyl (C=O) groups is 2. The maximum absolute atomic E-state index is 13.0. The standard InChI is InChI=1S/C19H18N4O3S/c1-26-13-4-2-12(3-5-13)14-11-22-15-7-9-27-17(15)10-16(22)19(25)23(21-14)8-6-18(20)24/h2-5,7,9-10H,6,8,11H2,1H3,(H2,20,24). The highest BCUT2D eigenvalue weighted by atomic mass is 32.1. The van der Waals surface area contributed by atoms with Gasteiger partial charge in [-0.15, -0.1) is 11.3 Å². The third kappa shape index (κ3) is 3.19. The highest BCUT2D eigenvalue weighted by Crippen LogP contribution is 2.28. The first-order valence-corrected chi connectivity index (χ1v) is 9.33. The minimum absolute atomic E-state index is 0.0558. The van der Waals surface area contributed by atoms with Gasteiger partial charge < -0.3 is 15.0 Å². The number of primary amides is 1. The fraction of sp³-hybridized carbons (Fsp3) is 0.211. The second kappa shape index (κ2) is 6.88. The first-order chi connectivity index (χ1) is 13.1. The Morgan fingerprint density at radius 3 is 2.78 bits per heavy atom. The van der Waals surface area contributed by atoms with Crippen LogP contribution in [0.3, 0.4) is 0 Å². The Bertz CT molecular complexity index is 1050. The van der Waals surface area contributed by atoms with Crippen molar-refractivity contribution in [3.8, 4) is 5.75 Å². The third-order valence-corrected chi connectivity index (χ3v) is 5.37. The maximum atomic E-state index is 13.0. The van der Waals surface area contributed by atoms with Crippen molar-refractivity contribution in [1.29, 1.82) is 0 Å². The van der Waals surface area contributed by atoms with Crippen LogP contribution in [0.1, 0.15) is 22.5 Å². The van der Waals surface area contributed by atoms with Crippen LogP contribution in [0.15, 0.2) is 46.9 Å². The monoisotopic (exact) mass is 382 g/mol. The van der Waals surface area contributed by atoms with E-state index in [1.54, 1.807) is 18.4 Å². The van der Waals surface area contributed by atoms with Crippen molar-refractivity contribution in [2.24, 2.45) is 10.8 Å². The highest BCUT2D eigenvalue weighted by molar-refractivity contribution is 7.17. The molecule has 138 valence electrons. The number of amides is 2. The summed E-state index contributed by atoms with van der Waals surface area (Å²) in [7, 11) is 1.61. The Kier molecular flexibility index (Phi) is 4.41. The Morgan fingerprint density at radius 2 is 2.07 bits per heavy atom. The maximum Gasteiger partial charge on any atom is 0.290 e. The van der Waals surface area contributed by atoms with Crippen LogP contribution in [0.4, 0.5) is 0 Å². The topological polar surface area (TPSA) is 89.9 Å². The van der Waals surface area contributed by atoms with Crippen LogP contribution in [0, 0.1) is 0 Å². The molecule has 0 spiro atoms. The summed E-state index contributed by atoms with van der Waals surface area (Å²) in [5.41, 5.74) is 8.45. The van der Waals surface area contributed by atoms with Gasteiger partial charge in [-0.3, -0.25) is 9.59 Å². The van der Waals surface area contributed by atoms with Crippen molar-refractivity contribution < 1.29 is 14.3 Å². The van der Waals surface area contributed by atoms with E-state index in [2.05, 4.69) is 5.10 Å². The van der Waals surface area contributed by atoms with Gasteiger partial charge >= 0.3 is 0 Å². The molecule has 0 atom stereocenters. The largest absolute Gasteiger partial charge is 0.497 e. The molecule has 3 aromatic rings. The van der Waals surface area contributed by atoms with E-state index in [4.69, 9.17) is 10.5 Å². The first kappa shape index (κ1) is 17.3. The molecule has 7 nitrogen and oxygen atoms in total. The normalized spacial score (nSPS) is 14.0. The summed E-state index contributed by atoms with van der Waals surface area (Å²) in [6.45, 7) is 0.605. The summed E-state index contributed by atoms with van der Waals surface area (Å²) in [5.74, 6) is 0.0456. The lowest BCUT2D eigenvalue weighted by Gasteiger charge is -2.15. The van der Waals surface area contributed by atoms with Crippen molar-refractivity contribution in [3.05, 3.63) is 53.0 Å². The molecular formula is C19H18N4O3S. The molecule has 0 saturated carbocycles. The Morgan fingerprint density at radius 1 is 1.30 bits per heavy atom. The number of hydrogen-bond donors (Lipinski definition) is 1. The Balaban J connectivity index is 1.80. The average molecular weight is 382 g/mol. The van der Waals surface area contributed by atoms with E-state index in [1.807, 2.05) is 46.3 Å². The predicted octanol–water partition coefficient (Wildman–Crippen LogP) is 2.45. The minimum Gasteiger partial charge on any atom is -0.497 e. The van der Waals surface area contributed by atoms with Crippen LogP contribution < -0.4 is 10.5 Å². The molecule has 0 fully saturated rings. The molecule has 2 N–H and O–H groups in total. The summed E-state index contributed by atoms with van der Waals surface area (Å²) in [4.78, 5) is 24.2. The van der Waals surface area contributed by atoms with Crippen LogP contribution in [-0.4, -0.2) is 40.8 Å². The van der Waals surface area contributed by atoms with Crippen molar-refractivity contribution in [2.75, 3.05) is 13.7 Å². The number of methoxy groups -OCH3 is 1. The molecular weight excluding hydrogens is 364 g/mol. The van der Waals surface area contributed by atoms with Gasteiger partial charge in [0, 0.05) is 6.42 Å². The van der Waals surface area contributed by atoms with E-state index in [9.17, 15) is 9.59 Å². The number of aromatic nitrogens is 1. The van der Waals surface area contributed by atoms with Gasteiger partial charge in [-0.25, -0.2) is 5.01 Å². The zero-order chi connectivity index (χ0) is 19.0. The Hall–Kier alpha value is -3.13. The molecule has 2 aromatic heterocycles. The molecule has 0 aliphatic carbocycles. The second-order valence-corrected chi connectivity index (χ2v) is 7.15. The smallest absolute Gasteiger partial charge is 0.290 e. The summed E-state index contributed by atoms with van der Waals surface area (Å²) in [6, 6.07) is 11.4. The van der Waals surface area contributed by atoms with Gasteiger partial charge in [0.05, 0.1) is 36.1 Å².